The first-order chi connectivity index (χ1) is 15.0. The van der Waals surface area contributed by atoms with Gasteiger partial charge in [-0.3, -0.25) is 25.4 Å². The van der Waals surface area contributed by atoms with Gasteiger partial charge in [-0.15, -0.1) is 0 Å². The summed E-state index contributed by atoms with van der Waals surface area (Å²) in [5.41, 5.74) is 2.68. The number of carbonyl (C=O) groups is 1. The maximum Gasteiger partial charge on any atom is 0.422 e. The number of ether oxygens (including phenoxy) is 1. The van der Waals surface area contributed by atoms with Crippen molar-refractivity contribution >= 4 is 44.7 Å². The minimum Gasteiger partial charge on any atom is -0.410 e. The lowest BCUT2D eigenvalue weighted by atomic mass is 10.2. The van der Waals surface area contributed by atoms with Crippen LogP contribution >= 0.6 is 15.9 Å². The molecule has 2 aromatic carbocycles. The van der Waals surface area contributed by atoms with E-state index >= 15 is 0 Å². The molecule has 2 heterocycles. The number of hydrogen-bond acceptors (Lipinski definition) is 10. The lowest BCUT2D eigenvalue weighted by Crippen LogP contribution is -2.40. The topological polar surface area (TPSA) is 133 Å². The van der Waals surface area contributed by atoms with Crippen LogP contribution in [-0.4, -0.2) is 55.8 Å². The van der Waals surface area contributed by atoms with Crippen molar-refractivity contribution in [2.75, 3.05) is 18.4 Å². The second-order valence-electron chi connectivity index (χ2n) is 6.37. The number of aliphatic imine (C=N–C) groups is 1. The van der Waals surface area contributed by atoms with Crippen molar-refractivity contribution in [1.29, 1.82) is 0 Å². The largest absolute Gasteiger partial charge is 0.422 e. The van der Waals surface area contributed by atoms with Crippen LogP contribution in [0.1, 0.15) is 5.56 Å². The minimum absolute atomic E-state index is 0.116. The fourth-order valence-electron chi connectivity index (χ4n) is 2.94. The van der Waals surface area contributed by atoms with Crippen molar-refractivity contribution in [3.05, 3.63) is 58.8 Å². The van der Waals surface area contributed by atoms with Gasteiger partial charge in [0.05, 0.1) is 40.8 Å². The molecule has 4 rings (SSSR count). The molecule has 0 aliphatic carbocycles. The third kappa shape index (κ3) is 4.95. The summed E-state index contributed by atoms with van der Waals surface area (Å²) < 4.78 is 6.16. The number of halogens is 1. The summed E-state index contributed by atoms with van der Waals surface area (Å²) in [4.78, 5) is 31.6. The molecule has 1 aliphatic heterocycles. The molecule has 0 fully saturated rings. The van der Waals surface area contributed by atoms with E-state index < -0.39 is 6.09 Å². The Balaban J connectivity index is 1.46. The van der Waals surface area contributed by atoms with Crippen molar-refractivity contribution in [3.8, 4) is 5.75 Å². The number of nitrogens with one attached hydrogen (secondary N) is 1. The van der Waals surface area contributed by atoms with Gasteiger partial charge < -0.3 is 10.1 Å². The Labute approximate surface area is 184 Å². The molecule has 3 aromatic rings. The monoisotopic (exact) mass is 488 g/mol. The molecule has 0 spiro atoms. The Morgan fingerprint density at radius 1 is 1.23 bits per heavy atom. The smallest absolute Gasteiger partial charge is 0.410 e. The number of anilines is 1. The summed E-state index contributed by atoms with van der Waals surface area (Å²) in [5, 5.41) is 20.0. The third-order valence-corrected chi connectivity index (χ3v) is 5.14. The average molecular weight is 489 g/mol. The lowest BCUT2D eigenvalue weighted by molar-refractivity contribution is -0.497. The van der Waals surface area contributed by atoms with Crippen molar-refractivity contribution in [1.82, 2.24) is 20.3 Å². The zero-order chi connectivity index (χ0) is 21.8. The highest BCUT2D eigenvalue weighted by Gasteiger charge is 2.26. The average Bonchev–Trinajstić information content (AvgIpc) is 3.23. The number of rotatable bonds is 5. The Morgan fingerprint density at radius 3 is 2.90 bits per heavy atom. The quantitative estimate of drug-likeness (QED) is 0.462. The highest BCUT2D eigenvalue weighted by atomic mass is 79.9. The molecule has 31 heavy (non-hydrogen) atoms. The van der Waals surface area contributed by atoms with E-state index in [2.05, 4.69) is 41.0 Å². The van der Waals surface area contributed by atoms with Gasteiger partial charge in [0.15, 0.2) is 0 Å². The van der Waals surface area contributed by atoms with Crippen LogP contribution in [0.25, 0.3) is 11.0 Å². The molecule has 1 aliphatic rings. The zero-order valence-corrected chi connectivity index (χ0v) is 17.6. The standard InChI is InChI=1S/C19H17BrN6O5/c20-16-14(4-5-15-17(16)22-7-6-21-15)24-18-23-8-9-25(18)19(27)31-13-3-1-2-12(10-13)11-30-26(28)29/h1-7,10,28-29H,8-9,11H2,(H,23,24). The lowest BCUT2D eigenvalue weighted by Gasteiger charge is -2.19. The molecule has 160 valence electrons. The molecule has 0 radical (unpaired) electrons. The van der Waals surface area contributed by atoms with Crippen LogP contribution in [0, 0.1) is 0 Å². The Kier molecular flexibility index (Phi) is 6.34. The van der Waals surface area contributed by atoms with Gasteiger partial charge >= 0.3 is 6.09 Å². The van der Waals surface area contributed by atoms with Gasteiger partial charge in [0.25, 0.3) is 0 Å². The molecule has 1 aromatic heterocycles. The number of aromatic nitrogens is 2. The van der Waals surface area contributed by atoms with E-state index in [1.807, 2.05) is 12.1 Å². The Hall–Kier alpha value is -3.16. The second-order valence-corrected chi connectivity index (χ2v) is 7.17. The van der Waals surface area contributed by atoms with Crippen LogP contribution in [-0.2, 0) is 11.4 Å². The number of carbonyl (C=O) groups excluding carboxylic acids is 1. The van der Waals surface area contributed by atoms with Gasteiger partial charge in [-0.05, 0) is 45.8 Å². The SMILES string of the molecule is O=C(Oc1cccc(CON(O)O)c1)N1CCN=C1Nc1ccc2nccnc2c1Br. The van der Waals surface area contributed by atoms with Crippen LogP contribution in [0.3, 0.4) is 0 Å². The van der Waals surface area contributed by atoms with Gasteiger partial charge in [-0.1, -0.05) is 12.1 Å². The normalized spacial score (nSPS) is 13.5. The maximum atomic E-state index is 12.7. The summed E-state index contributed by atoms with van der Waals surface area (Å²) in [6.07, 6.45) is 2.61. The molecule has 0 saturated heterocycles. The molecule has 0 saturated carbocycles. The second kappa shape index (κ2) is 9.32. The number of amides is 1. The highest BCUT2D eigenvalue weighted by Crippen LogP contribution is 2.29. The van der Waals surface area contributed by atoms with Crippen LogP contribution in [0.4, 0.5) is 10.5 Å². The summed E-state index contributed by atoms with van der Waals surface area (Å²) in [6, 6.07) is 10.1. The van der Waals surface area contributed by atoms with Gasteiger partial charge in [-0.2, -0.15) is 0 Å². The first kappa shape index (κ1) is 21.1. The Bertz CT molecular complexity index is 1140. The fraction of sp³-hybridized carbons (Fsp3) is 0.158. The summed E-state index contributed by atoms with van der Waals surface area (Å²) in [5.74, 6) is 0.631. The number of guanidine groups is 1. The molecular formula is C19H17BrN6O5. The maximum absolute atomic E-state index is 12.7. The van der Waals surface area contributed by atoms with Crippen LogP contribution in [0.5, 0.6) is 5.75 Å². The van der Waals surface area contributed by atoms with E-state index in [0.717, 1.165) is 5.52 Å². The van der Waals surface area contributed by atoms with Crippen LogP contribution < -0.4 is 10.1 Å². The molecule has 3 N–H and O–H groups in total. The molecule has 1 amide bonds. The summed E-state index contributed by atoms with van der Waals surface area (Å²) in [6.45, 7) is 0.674. The third-order valence-electron chi connectivity index (χ3n) is 4.34. The van der Waals surface area contributed by atoms with Crippen molar-refractivity contribution in [2.45, 2.75) is 6.61 Å². The van der Waals surface area contributed by atoms with Gasteiger partial charge in [0.1, 0.15) is 11.3 Å². The van der Waals surface area contributed by atoms with E-state index in [0.29, 0.717) is 40.3 Å². The van der Waals surface area contributed by atoms with Gasteiger partial charge in [-0.25, -0.2) is 14.5 Å². The number of fused-ring (bicyclic) bond motifs is 1. The molecule has 0 atom stereocenters. The minimum atomic E-state index is -0.607. The highest BCUT2D eigenvalue weighted by molar-refractivity contribution is 9.10. The Morgan fingerprint density at radius 2 is 2.06 bits per heavy atom. The summed E-state index contributed by atoms with van der Waals surface area (Å²) in [7, 11) is 0. The number of hydrogen-bond donors (Lipinski definition) is 3. The molecule has 0 unspecified atom stereocenters. The van der Waals surface area contributed by atoms with Gasteiger partial charge in [0.2, 0.25) is 5.96 Å². The van der Waals surface area contributed by atoms with E-state index in [1.54, 1.807) is 36.7 Å². The van der Waals surface area contributed by atoms with E-state index in [-0.39, 0.29) is 17.7 Å². The predicted octanol–water partition coefficient (Wildman–Crippen LogP) is 3.19. The molecule has 0 bridgehead atoms. The summed E-state index contributed by atoms with van der Waals surface area (Å²) >= 11 is 3.53. The van der Waals surface area contributed by atoms with E-state index in [9.17, 15) is 4.79 Å². The molecule has 12 heteroatoms. The van der Waals surface area contributed by atoms with Crippen molar-refractivity contribution in [2.24, 2.45) is 4.99 Å². The number of benzene rings is 2. The van der Waals surface area contributed by atoms with Crippen LogP contribution in [0.2, 0.25) is 0 Å². The van der Waals surface area contributed by atoms with Crippen molar-refractivity contribution < 1.29 is 24.8 Å². The number of nitrogens with zero attached hydrogens (tertiary/aromatic N) is 5. The van der Waals surface area contributed by atoms with Crippen LogP contribution in [0.15, 0.2) is 58.3 Å². The first-order valence-corrected chi connectivity index (χ1v) is 9.90. The van der Waals surface area contributed by atoms with Gasteiger partial charge in [0, 0.05) is 12.4 Å². The predicted molar refractivity (Wildman–Crippen MR) is 113 cm³/mol. The zero-order valence-electron chi connectivity index (χ0n) is 16.0. The van der Waals surface area contributed by atoms with E-state index in [4.69, 9.17) is 15.2 Å². The van der Waals surface area contributed by atoms with Crippen molar-refractivity contribution in [3.63, 3.8) is 0 Å². The fourth-order valence-corrected chi connectivity index (χ4v) is 3.48. The molecular weight excluding hydrogens is 472 g/mol. The first-order valence-electron chi connectivity index (χ1n) is 9.11. The molecule has 11 nitrogen and oxygen atoms in total. The van der Waals surface area contributed by atoms with E-state index in [1.165, 1.54) is 4.90 Å².